The number of carbonyl (C=O) groups is 1. The van der Waals surface area contributed by atoms with Gasteiger partial charge in [0.05, 0.1) is 5.69 Å². The van der Waals surface area contributed by atoms with Gasteiger partial charge in [-0.1, -0.05) is 11.8 Å². The third kappa shape index (κ3) is 3.24. The molecule has 2 N–H and O–H groups in total. The molecule has 2 bridgehead atoms. The number of hydrogen-bond donors (Lipinski definition) is 2. The van der Waals surface area contributed by atoms with Gasteiger partial charge < -0.3 is 15.2 Å². The average Bonchev–Trinajstić information content (AvgIpc) is 2.86. The molecule has 6 heteroatoms. The first-order valence-corrected chi connectivity index (χ1v) is 7.97. The number of fused-ring (bicyclic) bond motifs is 3. The number of hydrogen-bond acceptors (Lipinski definition) is 4. The minimum absolute atomic E-state index is 0.000437. The maximum atomic E-state index is 11.9. The van der Waals surface area contributed by atoms with Gasteiger partial charge in [0.2, 0.25) is 5.91 Å². The van der Waals surface area contributed by atoms with Gasteiger partial charge in [-0.3, -0.25) is 4.79 Å². The van der Waals surface area contributed by atoms with E-state index in [4.69, 9.17) is 0 Å². The van der Waals surface area contributed by atoms with Crippen molar-refractivity contribution in [3.63, 3.8) is 0 Å². The second kappa shape index (κ2) is 6.01. The molecule has 1 atom stereocenters. The molecule has 1 amide bonds. The summed E-state index contributed by atoms with van der Waals surface area (Å²) in [7, 11) is 0. The SMILES string of the molecule is Cc1c[nH]c(S/C=C/C(=O)NC2CN3CCC2CC3)n1. The summed E-state index contributed by atoms with van der Waals surface area (Å²) in [6.45, 7) is 5.33. The minimum atomic E-state index is -0.000437. The zero-order valence-electron chi connectivity index (χ0n) is 11.6. The van der Waals surface area contributed by atoms with E-state index in [1.165, 1.54) is 37.7 Å². The Morgan fingerprint density at radius 2 is 2.35 bits per heavy atom. The number of rotatable bonds is 4. The van der Waals surface area contributed by atoms with Crippen molar-refractivity contribution < 1.29 is 4.79 Å². The number of piperidine rings is 3. The van der Waals surface area contributed by atoms with Crippen LogP contribution in [0, 0.1) is 12.8 Å². The molecule has 0 spiro atoms. The van der Waals surface area contributed by atoms with Gasteiger partial charge in [-0.2, -0.15) is 0 Å². The molecule has 20 heavy (non-hydrogen) atoms. The van der Waals surface area contributed by atoms with Gasteiger partial charge in [-0.05, 0) is 44.2 Å². The number of amides is 1. The first-order valence-electron chi connectivity index (χ1n) is 7.09. The summed E-state index contributed by atoms with van der Waals surface area (Å²) in [6.07, 6.45) is 5.88. The summed E-state index contributed by atoms with van der Waals surface area (Å²) in [5.41, 5.74) is 0.956. The number of carbonyl (C=O) groups excluding carboxylic acids is 1. The van der Waals surface area contributed by atoms with E-state index >= 15 is 0 Å². The highest BCUT2D eigenvalue weighted by molar-refractivity contribution is 8.02. The molecule has 3 saturated heterocycles. The Morgan fingerprint density at radius 3 is 2.95 bits per heavy atom. The lowest BCUT2D eigenvalue weighted by Crippen LogP contribution is -2.57. The number of imidazole rings is 1. The maximum absolute atomic E-state index is 11.9. The van der Waals surface area contributed by atoms with E-state index in [-0.39, 0.29) is 5.91 Å². The second-order valence-corrected chi connectivity index (χ2v) is 6.42. The summed E-state index contributed by atoms with van der Waals surface area (Å²) >= 11 is 1.43. The van der Waals surface area contributed by atoms with E-state index in [9.17, 15) is 4.79 Å². The number of nitrogens with one attached hydrogen (secondary N) is 2. The van der Waals surface area contributed by atoms with Gasteiger partial charge in [0.15, 0.2) is 5.16 Å². The van der Waals surface area contributed by atoms with Gasteiger partial charge in [-0.25, -0.2) is 4.98 Å². The highest BCUT2D eigenvalue weighted by Crippen LogP contribution is 2.27. The topological polar surface area (TPSA) is 61.0 Å². The molecule has 1 aromatic heterocycles. The predicted molar refractivity (Wildman–Crippen MR) is 79.4 cm³/mol. The molecule has 0 radical (unpaired) electrons. The molecule has 4 heterocycles. The van der Waals surface area contributed by atoms with Crippen LogP contribution in [-0.4, -0.2) is 46.5 Å². The van der Waals surface area contributed by atoms with Crippen LogP contribution in [0.3, 0.4) is 0 Å². The molecular weight excluding hydrogens is 272 g/mol. The summed E-state index contributed by atoms with van der Waals surface area (Å²) in [6, 6.07) is 0.325. The molecule has 3 fully saturated rings. The van der Waals surface area contributed by atoms with Crippen molar-refractivity contribution >= 4 is 17.7 Å². The molecule has 3 aliphatic rings. The van der Waals surface area contributed by atoms with Crippen LogP contribution in [0.15, 0.2) is 22.8 Å². The smallest absolute Gasteiger partial charge is 0.244 e. The largest absolute Gasteiger partial charge is 0.348 e. The zero-order chi connectivity index (χ0) is 13.9. The molecule has 3 aliphatic heterocycles. The lowest BCUT2D eigenvalue weighted by molar-refractivity contribution is -0.118. The van der Waals surface area contributed by atoms with Crippen LogP contribution in [0.1, 0.15) is 18.5 Å². The summed E-state index contributed by atoms with van der Waals surface area (Å²) in [5, 5.41) is 5.73. The van der Waals surface area contributed by atoms with E-state index in [0.29, 0.717) is 12.0 Å². The van der Waals surface area contributed by atoms with Crippen LogP contribution < -0.4 is 5.32 Å². The number of thioether (sulfide) groups is 1. The van der Waals surface area contributed by atoms with Gasteiger partial charge in [-0.15, -0.1) is 0 Å². The molecule has 0 aliphatic carbocycles. The molecular formula is C14H20N4OS. The van der Waals surface area contributed by atoms with Gasteiger partial charge in [0.1, 0.15) is 0 Å². The average molecular weight is 292 g/mol. The molecule has 0 saturated carbocycles. The summed E-state index contributed by atoms with van der Waals surface area (Å²) in [4.78, 5) is 21.7. The molecule has 1 unspecified atom stereocenters. The summed E-state index contributed by atoms with van der Waals surface area (Å²) < 4.78 is 0. The standard InChI is InChI=1S/C14H20N4OS/c1-10-8-15-14(16-10)20-7-4-13(19)17-12-9-18-5-2-11(12)3-6-18/h4,7-8,11-12H,2-3,5-6,9H2,1H3,(H,15,16)(H,17,19)/b7-4+. The normalized spacial score (nSPS) is 28.9. The third-order valence-corrected chi connectivity index (χ3v) is 4.77. The second-order valence-electron chi connectivity index (χ2n) is 5.52. The van der Waals surface area contributed by atoms with Crippen molar-refractivity contribution in [1.82, 2.24) is 20.2 Å². The van der Waals surface area contributed by atoms with E-state index in [1.807, 2.05) is 13.1 Å². The van der Waals surface area contributed by atoms with Crippen molar-refractivity contribution in [2.75, 3.05) is 19.6 Å². The Bertz CT molecular complexity index is 505. The Hall–Kier alpha value is -1.27. The van der Waals surface area contributed by atoms with E-state index in [2.05, 4.69) is 20.2 Å². The predicted octanol–water partition coefficient (Wildman–Crippen LogP) is 1.53. The van der Waals surface area contributed by atoms with Crippen LogP contribution in [-0.2, 0) is 4.79 Å². The number of aryl methyl sites for hydroxylation is 1. The summed E-state index contributed by atoms with van der Waals surface area (Å²) in [5.74, 6) is 0.664. The molecule has 4 rings (SSSR count). The highest BCUT2D eigenvalue weighted by atomic mass is 32.2. The molecule has 1 aromatic rings. The highest BCUT2D eigenvalue weighted by Gasteiger charge is 2.34. The molecule has 5 nitrogen and oxygen atoms in total. The number of aromatic nitrogens is 2. The van der Waals surface area contributed by atoms with Crippen LogP contribution in [0.4, 0.5) is 0 Å². The van der Waals surface area contributed by atoms with Gasteiger partial charge in [0, 0.05) is 24.9 Å². The zero-order valence-corrected chi connectivity index (χ0v) is 12.4. The lowest BCUT2D eigenvalue weighted by Gasteiger charge is -2.44. The van der Waals surface area contributed by atoms with E-state index in [1.54, 1.807) is 11.5 Å². The Kier molecular flexibility index (Phi) is 4.12. The quantitative estimate of drug-likeness (QED) is 0.653. The van der Waals surface area contributed by atoms with Crippen LogP contribution in [0.2, 0.25) is 0 Å². The monoisotopic (exact) mass is 292 g/mol. The Balaban J connectivity index is 1.47. The molecule has 108 valence electrons. The van der Waals surface area contributed by atoms with Gasteiger partial charge >= 0.3 is 0 Å². The first kappa shape index (κ1) is 13.7. The lowest BCUT2D eigenvalue weighted by atomic mass is 9.84. The van der Waals surface area contributed by atoms with Crippen molar-refractivity contribution in [3.8, 4) is 0 Å². The number of aromatic amines is 1. The number of H-pyrrole nitrogens is 1. The number of nitrogens with zero attached hydrogens (tertiary/aromatic N) is 2. The fourth-order valence-corrected chi connectivity index (χ4v) is 3.62. The van der Waals surface area contributed by atoms with Crippen LogP contribution in [0.25, 0.3) is 0 Å². The van der Waals surface area contributed by atoms with Crippen LogP contribution >= 0.6 is 11.8 Å². The van der Waals surface area contributed by atoms with Gasteiger partial charge in [0.25, 0.3) is 0 Å². The fourth-order valence-electron chi connectivity index (χ4n) is 2.97. The fraction of sp³-hybridized carbons (Fsp3) is 0.571. The third-order valence-electron chi connectivity index (χ3n) is 4.07. The maximum Gasteiger partial charge on any atom is 0.244 e. The van der Waals surface area contributed by atoms with E-state index in [0.717, 1.165) is 17.4 Å². The Morgan fingerprint density at radius 1 is 1.55 bits per heavy atom. The van der Waals surface area contributed by atoms with Crippen molar-refractivity contribution in [1.29, 1.82) is 0 Å². The van der Waals surface area contributed by atoms with Crippen molar-refractivity contribution in [2.45, 2.75) is 31.0 Å². The van der Waals surface area contributed by atoms with Crippen molar-refractivity contribution in [2.24, 2.45) is 5.92 Å². The molecule has 0 aromatic carbocycles. The first-order chi connectivity index (χ1) is 9.70. The van der Waals surface area contributed by atoms with Crippen LogP contribution in [0.5, 0.6) is 0 Å². The minimum Gasteiger partial charge on any atom is -0.348 e. The van der Waals surface area contributed by atoms with E-state index < -0.39 is 0 Å². The Labute approximate surface area is 123 Å². The van der Waals surface area contributed by atoms with Crippen molar-refractivity contribution in [3.05, 3.63) is 23.4 Å².